The van der Waals surface area contributed by atoms with Crippen LogP contribution in [0, 0.1) is 5.41 Å². The Kier molecular flexibility index (Phi) is 9.00. The molecule has 0 saturated carbocycles. The number of rotatable bonds is 9. The van der Waals surface area contributed by atoms with Gasteiger partial charge in [-0.15, -0.1) is 0 Å². The molecule has 0 aliphatic heterocycles. The molecular weight excluding hydrogens is 443 g/mol. The van der Waals surface area contributed by atoms with Gasteiger partial charge in [0.1, 0.15) is 6.10 Å². The van der Waals surface area contributed by atoms with Crippen LogP contribution in [0.25, 0.3) is 11.1 Å². The molecule has 166 valence electrons. The number of amides is 1. The number of aliphatic hydroxyl groups is 2. The monoisotopic (exact) mass is 466 g/mol. The molecule has 9 heteroatoms. The second-order valence-corrected chi connectivity index (χ2v) is 7.82. The average molecular weight is 467 g/mol. The minimum atomic E-state index is -1.84. The topological polar surface area (TPSA) is 120 Å². The minimum Gasteiger partial charge on any atom is -0.464 e. The molecule has 0 saturated heterocycles. The molecule has 1 amide bonds. The molecule has 2 aromatic carbocycles. The van der Waals surface area contributed by atoms with E-state index in [0.717, 1.165) is 16.7 Å². The summed E-state index contributed by atoms with van der Waals surface area (Å²) in [5, 5.41) is 31.6. The Labute approximate surface area is 190 Å². The van der Waals surface area contributed by atoms with Gasteiger partial charge in [-0.1, -0.05) is 47.5 Å². The Morgan fingerprint density at radius 2 is 1.65 bits per heavy atom. The molecule has 4 N–H and O–H groups in total. The van der Waals surface area contributed by atoms with Gasteiger partial charge in [-0.05, 0) is 55.2 Å². The molecule has 0 fully saturated rings. The number of benzene rings is 2. The van der Waals surface area contributed by atoms with Crippen molar-refractivity contribution in [2.45, 2.75) is 38.5 Å². The quantitative estimate of drug-likeness (QED) is 0.334. The van der Waals surface area contributed by atoms with E-state index in [9.17, 15) is 19.8 Å². The Bertz CT molecular complexity index is 929. The van der Waals surface area contributed by atoms with E-state index in [1.807, 2.05) is 12.1 Å². The summed E-state index contributed by atoms with van der Waals surface area (Å²) < 4.78 is 4.74. The van der Waals surface area contributed by atoms with E-state index in [0.29, 0.717) is 10.0 Å². The van der Waals surface area contributed by atoms with Gasteiger partial charge < -0.3 is 20.3 Å². The van der Waals surface area contributed by atoms with Gasteiger partial charge in [0.15, 0.2) is 6.10 Å². The summed E-state index contributed by atoms with van der Waals surface area (Å²) in [6.07, 6.45) is -3.37. The second kappa shape index (κ2) is 11.2. The summed E-state index contributed by atoms with van der Waals surface area (Å²) in [5.74, 6) is -1.71. The van der Waals surface area contributed by atoms with Crippen molar-refractivity contribution < 1.29 is 24.5 Å². The number of hydrogen-bond donors (Lipinski definition) is 4. The number of hydrogen-bond acceptors (Lipinski definition) is 6. The van der Waals surface area contributed by atoms with Crippen molar-refractivity contribution in [2.75, 3.05) is 6.61 Å². The van der Waals surface area contributed by atoms with Crippen LogP contribution < -0.4 is 5.32 Å². The normalized spacial score (nSPS) is 13.7. The van der Waals surface area contributed by atoms with Crippen molar-refractivity contribution in [3.63, 3.8) is 0 Å². The Balaban J connectivity index is 2.23. The van der Waals surface area contributed by atoms with Crippen LogP contribution in [0.5, 0.6) is 0 Å². The summed E-state index contributed by atoms with van der Waals surface area (Å²) in [6.45, 7) is 2.91. The standard InChI is InChI=1S/C22H24Cl2N2O5/c1-3-31-22(30)20(28)19(27)18(26-21(29)12(2)25)8-13-4-6-14(7-5-13)15-9-16(23)11-17(24)10-15/h4-7,9-11,18-20,25,27-28H,3,8H2,1-2H3,(H,26,29). The van der Waals surface area contributed by atoms with Gasteiger partial charge >= 0.3 is 5.97 Å². The largest absolute Gasteiger partial charge is 0.464 e. The van der Waals surface area contributed by atoms with Gasteiger partial charge in [0, 0.05) is 10.0 Å². The smallest absolute Gasteiger partial charge is 0.337 e. The highest BCUT2D eigenvalue weighted by Crippen LogP contribution is 2.27. The van der Waals surface area contributed by atoms with Gasteiger partial charge in [-0.3, -0.25) is 10.2 Å². The van der Waals surface area contributed by atoms with Gasteiger partial charge in [0.25, 0.3) is 5.91 Å². The number of carbonyl (C=O) groups is 2. The lowest BCUT2D eigenvalue weighted by atomic mass is 9.95. The maximum Gasteiger partial charge on any atom is 0.337 e. The highest BCUT2D eigenvalue weighted by Gasteiger charge is 2.33. The maximum atomic E-state index is 12.0. The lowest BCUT2D eigenvalue weighted by Crippen LogP contribution is -2.53. The van der Waals surface area contributed by atoms with Crippen molar-refractivity contribution in [3.8, 4) is 11.1 Å². The lowest BCUT2D eigenvalue weighted by Gasteiger charge is -2.27. The molecule has 0 aliphatic rings. The fourth-order valence-electron chi connectivity index (χ4n) is 2.93. The second-order valence-electron chi connectivity index (χ2n) is 6.95. The third-order valence-corrected chi connectivity index (χ3v) is 4.96. The molecule has 0 aromatic heterocycles. The highest BCUT2D eigenvalue weighted by atomic mass is 35.5. The molecule has 0 bridgehead atoms. The molecular formula is C22H24Cl2N2O5. The lowest BCUT2D eigenvalue weighted by molar-refractivity contribution is -0.160. The maximum absolute atomic E-state index is 12.0. The molecule has 7 nitrogen and oxygen atoms in total. The predicted octanol–water partition coefficient (Wildman–Crippen LogP) is 3.01. The Morgan fingerprint density at radius 1 is 1.06 bits per heavy atom. The van der Waals surface area contributed by atoms with Crippen molar-refractivity contribution >= 4 is 40.8 Å². The molecule has 2 rings (SSSR count). The molecule has 0 aliphatic carbocycles. The molecule has 3 unspecified atom stereocenters. The summed E-state index contributed by atoms with van der Waals surface area (Å²) in [7, 11) is 0. The first-order valence-corrected chi connectivity index (χ1v) is 10.3. The third-order valence-electron chi connectivity index (χ3n) is 4.53. The first-order valence-electron chi connectivity index (χ1n) is 9.56. The van der Waals surface area contributed by atoms with Crippen LogP contribution >= 0.6 is 23.2 Å². The predicted molar refractivity (Wildman–Crippen MR) is 120 cm³/mol. The van der Waals surface area contributed by atoms with Crippen molar-refractivity contribution in [1.29, 1.82) is 5.41 Å². The first kappa shape index (κ1) is 24.8. The van der Waals surface area contributed by atoms with Crippen molar-refractivity contribution in [1.82, 2.24) is 5.32 Å². The fraction of sp³-hybridized carbons (Fsp3) is 0.318. The third kappa shape index (κ3) is 7.04. The number of esters is 1. The summed E-state index contributed by atoms with van der Waals surface area (Å²) >= 11 is 12.1. The van der Waals surface area contributed by atoms with E-state index in [1.54, 1.807) is 37.3 Å². The summed E-state index contributed by atoms with van der Waals surface area (Å²) in [5.41, 5.74) is 2.14. The first-order chi connectivity index (χ1) is 14.6. The number of halogens is 2. The van der Waals surface area contributed by atoms with E-state index in [1.165, 1.54) is 6.92 Å². The number of nitrogens with one attached hydrogen (secondary N) is 2. The minimum absolute atomic E-state index is 0.0359. The number of ether oxygens (including phenoxy) is 1. The van der Waals surface area contributed by atoms with Gasteiger partial charge in [-0.2, -0.15) is 0 Å². The van der Waals surface area contributed by atoms with Crippen LogP contribution in [0.15, 0.2) is 42.5 Å². The van der Waals surface area contributed by atoms with Crippen molar-refractivity contribution in [3.05, 3.63) is 58.1 Å². The van der Waals surface area contributed by atoms with E-state index in [4.69, 9.17) is 33.3 Å². The number of aliphatic hydroxyl groups excluding tert-OH is 2. The molecule has 2 aromatic rings. The number of carbonyl (C=O) groups excluding carboxylic acids is 2. The van der Waals surface area contributed by atoms with Crippen LogP contribution in [0.1, 0.15) is 19.4 Å². The Morgan fingerprint density at radius 3 is 2.16 bits per heavy atom. The van der Waals surface area contributed by atoms with Gasteiger partial charge in [-0.25, -0.2) is 4.79 Å². The van der Waals surface area contributed by atoms with Crippen LogP contribution in [-0.2, 0) is 20.7 Å². The van der Waals surface area contributed by atoms with E-state index >= 15 is 0 Å². The van der Waals surface area contributed by atoms with Crippen molar-refractivity contribution in [2.24, 2.45) is 0 Å². The zero-order chi connectivity index (χ0) is 23.1. The van der Waals surface area contributed by atoms with Crippen LogP contribution in [0.4, 0.5) is 0 Å². The Hall–Kier alpha value is -2.45. The molecule has 3 atom stereocenters. The zero-order valence-electron chi connectivity index (χ0n) is 17.1. The molecule has 31 heavy (non-hydrogen) atoms. The fourth-order valence-corrected chi connectivity index (χ4v) is 3.45. The molecule has 0 radical (unpaired) electrons. The van der Waals surface area contributed by atoms with Crippen LogP contribution in [0.3, 0.4) is 0 Å². The molecule has 0 heterocycles. The average Bonchev–Trinajstić information content (AvgIpc) is 2.72. The summed E-state index contributed by atoms with van der Waals surface area (Å²) in [6, 6.07) is 11.4. The summed E-state index contributed by atoms with van der Waals surface area (Å²) in [4.78, 5) is 23.8. The van der Waals surface area contributed by atoms with E-state index in [-0.39, 0.29) is 18.7 Å². The van der Waals surface area contributed by atoms with E-state index < -0.39 is 30.1 Å². The SMILES string of the molecule is CCOC(=O)C(O)C(O)C(Cc1ccc(-c2cc(Cl)cc(Cl)c2)cc1)NC(=O)C(C)=N. The van der Waals surface area contributed by atoms with E-state index in [2.05, 4.69) is 5.32 Å². The van der Waals surface area contributed by atoms with Crippen LogP contribution in [-0.4, -0.2) is 52.7 Å². The van der Waals surface area contributed by atoms with Gasteiger partial charge in [0.2, 0.25) is 0 Å². The highest BCUT2D eigenvalue weighted by molar-refractivity contribution is 6.36. The van der Waals surface area contributed by atoms with Crippen LogP contribution in [0.2, 0.25) is 10.0 Å². The molecule has 0 spiro atoms. The van der Waals surface area contributed by atoms with Gasteiger partial charge in [0.05, 0.1) is 18.4 Å². The zero-order valence-corrected chi connectivity index (χ0v) is 18.6.